The van der Waals surface area contributed by atoms with Crippen LogP contribution in [0.25, 0.3) is 21.7 Å². The smallest absolute Gasteiger partial charge is 0.264 e. The van der Waals surface area contributed by atoms with Crippen LogP contribution in [0.4, 0.5) is 0 Å². The largest absolute Gasteiger partial charge is 0.305 e. The molecule has 19 heavy (non-hydrogen) atoms. The normalized spacial score (nSPS) is 11.1. The zero-order chi connectivity index (χ0) is 13.6. The van der Waals surface area contributed by atoms with Crippen molar-refractivity contribution in [2.45, 2.75) is 13.8 Å². The van der Waals surface area contributed by atoms with Gasteiger partial charge in [-0.3, -0.25) is 9.59 Å². The Morgan fingerprint density at radius 1 is 1.21 bits per heavy atom. The fourth-order valence-corrected chi connectivity index (χ4v) is 2.88. The number of thiophene rings is 1. The Morgan fingerprint density at radius 3 is 2.68 bits per heavy atom. The first-order valence-corrected chi connectivity index (χ1v) is 6.44. The zero-order valence-corrected chi connectivity index (χ0v) is 11.1. The highest BCUT2D eigenvalue weighted by atomic mass is 32.1. The number of aromatic amines is 2. The molecule has 96 valence electrons. The Bertz CT molecular complexity index is 870. The summed E-state index contributed by atoms with van der Waals surface area (Å²) in [6.07, 6.45) is 0. The highest BCUT2D eigenvalue weighted by Crippen LogP contribution is 2.26. The monoisotopic (exact) mass is 274 g/mol. The summed E-state index contributed by atoms with van der Waals surface area (Å²) in [4.78, 5) is 31.9. The molecule has 0 bridgehead atoms. The van der Waals surface area contributed by atoms with Gasteiger partial charge in [0.05, 0.1) is 5.39 Å². The number of hydrogen-bond acceptors (Lipinski definition) is 5. The third-order valence-corrected chi connectivity index (χ3v) is 4.06. The Morgan fingerprint density at radius 2 is 2.00 bits per heavy atom. The lowest BCUT2D eigenvalue weighted by Crippen LogP contribution is -2.11. The summed E-state index contributed by atoms with van der Waals surface area (Å²) in [6.45, 7) is 3.86. The molecule has 0 aromatic carbocycles. The maximum absolute atomic E-state index is 12.1. The first-order chi connectivity index (χ1) is 9.06. The minimum atomic E-state index is -0.296. The van der Waals surface area contributed by atoms with Crippen molar-refractivity contribution in [3.8, 4) is 11.5 Å². The Balaban J connectivity index is 2.29. The molecule has 0 aliphatic rings. The highest BCUT2D eigenvalue weighted by Gasteiger charge is 2.13. The molecule has 3 rings (SSSR count). The molecule has 2 N–H and O–H groups in total. The van der Waals surface area contributed by atoms with E-state index in [1.165, 1.54) is 23.5 Å². The maximum Gasteiger partial charge on any atom is 0.264 e. The van der Waals surface area contributed by atoms with E-state index in [1.807, 2.05) is 13.8 Å². The van der Waals surface area contributed by atoms with Crippen molar-refractivity contribution in [3.63, 3.8) is 0 Å². The number of fused-ring (bicyclic) bond motifs is 1. The van der Waals surface area contributed by atoms with Gasteiger partial charge in [0, 0.05) is 10.9 Å². The lowest BCUT2D eigenvalue weighted by molar-refractivity contribution is 0.978. The van der Waals surface area contributed by atoms with Gasteiger partial charge in [-0.15, -0.1) is 11.3 Å². The molecule has 0 fully saturated rings. The van der Waals surface area contributed by atoms with E-state index in [0.29, 0.717) is 21.7 Å². The van der Waals surface area contributed by atoms with Crippen molar-refractivity contribution in [2.75, 3.05) is 0 Å². The third kappa shape index (κ3) is 1.88. The third-order valence-electron chi connectivity index (χ3n) is 2.96. The minimum Gasteiger partial charge on any atom is -0.305 e. The lowest BCUT2D eigenvalue weighted by Gasteiger charge is -1.99. The topological polar surface area (TPSA) is 91.5 Å². The van der Waals surface area contributed by atoms with Gasteiger partial charge in [-0.2, -0.15) is 5.10 Å². The van der Waals surface area contributed by atoms with Crippen molar-refractivity contribution >= 4 is 21.6 Å². The standard InChI is InChI=1S/C12H10N4O2S/c1-5-6(2)19-12-9(5)11(18)13-10(14-12)7-3-4-8(17)16-15-7/h3-4H,1-2H3,(H,16,17)(H,13,14,18). The number of nitrogens with one attached hydrogen (secondary N) is 2. The van der Waals surface area contributed by atoms with Gasteiger partial charge in [-0.25, -0.2) is 10.1 Å². The number of rotatable bonds is 1. The predicted molar refractivity (Wildman–Crippen MR) is 73.6 cm³/mol. The predicted octanol–water partition coefficient (Wildman–Crippen LogP) is 1.35. The van der Waals surface area contributed by atoms with Gasteiger partial charge in [0.25, 0.3) is 11.1 Å². The van der Waals surface area contributed by atoms with Crippen LogP contribution in [0.3, 0.4) is 0 Å². The quantitative estimate of drug-likeness (QED) is 0.700. The van der Waals surface area contributed by atoms with Crippen LogP contribution in [0.15, 0.2) is 21.7 Å². The molecule has 0 radical (unpaired) electrons. The Kier molecular flexibility index (Phi) is 2.56. The summed E-state index contributed by atoms with van der Waals surface area (Å²) in [7, 11) is 0. The van der Waals surface area contributed by atoms with E-state index in [0.717, 1.165) is 10.4 Å². The second-order valence-corrected chi connectivity index (χ2v) is 5.39. The molecule has 0 atom stereocenters. The van der Waals surface area contributed by atoms with Crippen LogP contribution in [0.2, 0.25) is 0 Å². The van der Waals surface area contributed by atoms with E-state index >= 15 is 0 Å². The molecule has 7 heteroatoms. The van der Waals surface area contributed by atoms with E-state index in [9.17, 15) is 9.59 Å². The first kappa shape index (κ1) is 11.8. The van der Waals surface area contributed by atoms with E-state index in [2.05, 4.69) is 20.2 Å². The fraction of sp³-hybridized carbons (Fsp3) is 0.167. The van der Waals surface area contributed by atoms with Gasteiger partial charge in [0.2, 0.25) is 0 Å². The van der Waals surface area contributed by atoms with E-state index in [1.54, 1.807) is 0 Å². The fourth-order valence-electron chi connectivity index (χ4n) is 1.85. The summed E-state index contributed by atoms with van der Waals surface area (Å²) in [5.41, 5.74) is 0.905. The average molecular weight is 274 g/mol. The number of nitrogens with zero attached hydrogens (tertiary/aromatic N) is 2. The summed E-state index contributed by atoms with van der Waals surface area (Å²) in [5.74, 6) is 0.356. The lowest BCUT2D eigenvalue weighted by atomic mass is 10.2. The van der Waals surface area contributed by atoms with Gasteiger partial charge in [-0.1, -0.05) is 0 Å². The first-order valence-electron chi connectivity index (χ1n) is 5.62. The molecule has 0 saturated heterocycles. The summed E-state index contributed by atoms with van der Waals surface area (Å²) in [5, 5.41) is 6.80. The molecule has 3 heterocycles. The van der Waals surface area contributed by atoms with Crippen LogP contribution in [-0.2, 0) is 0 Å². The highest BCUT2D eigenvalue weighted by molar-refractivity contribution is 7.18. The van der Waals surface area contributed by atoms with Crippen LogP contribution in [0, 0.1) is 13.8 Å². The van der Waals surface area contributed by atoms with Gasteiger partial charge in [0.1, 0.15) is 10.5 Å². The molecule has 3 aromatic rings. The van der Waals surface area contributed by atoms with Crippen LogP contribution in [-0.4, -0.2) is 20.2 Å². The van der Waals surface area contributed by atoms with Crippen molar-refractivity contribution in [2.24, 2.45) is 0 Å². The molecule has 0 saturated carbocycles. The van der Waals surface area contributed by atoms with Gasteiger partial charge < -0.3 is 4.98 Å². The second kappa shape index (κ2) is 4.13. The zero-order valence-electron chi connectivity index (χ0n) is 10.3. The molecule has 6 nitrogen and oxygen atoms in total. The summed E-state index contributed by atoms with van der Waals surface area (Å²) >= 11 is 1.47. The number of hydrogen-bond donors (Lipinski definition) is 2. The minimum absolute atomic E-state index is 0.185. The van der Waals surface area contributed by atoms with E-state index in [4.69, 9.17) is 0 Å². The number of aryl methyl sites for hydroxylation is 2. The molecule has 0 aliphatic heterocycles. The Labute approximate surface area is 111 Å². The van der Waals surface area contributed by atoms with Crippen molar-refractivity contribution in [1.29, 1.82) is 0 Å². The van der Waals surface area contributed by atoms with Crippen molar-refractivity contribution in [3.05, 3.63) is 43.3 Å². The van der Waals surface area contributed by atoms with Crippen LogP contribution in [0.5, 0.6) is 0 Å². The Hall–Kier alpha value is -2.28. The van der Waals surface area contributed by atoms with Crippen molar-refractivity contribution in [1.82, 2.24) is 20.2 Å². The van der Waals surface area contributed by atoms with Crippen LogP contribution < -0.4 is 11.1 Å². The summed E-state index contributed by atoms with van der Waals surface area (Å²) in [6, 6.07) is 2.87. The molecule has 0 spiro atoms. The van der Waals surface area contributed by atoms with Crippen LogP contribution >= 0.6 is 11.3 Å². The number of aromatic nitrogens is 4. The molecule has 0 unspecified atom stereocenters. The number of H-pyrrole nitrogens is 2. The van der Waals surface area contributed by atoms with E-state index in [-0.39, 0.29) is 11.1 Å². The molecule has 0 amide bonds. The second-order valence-electron chi connectivity index (χ2n) is 4.18. The molecular weight excluding hydrogens is 264 g/mol. The maximum atomic E-state index is 12.1. The molecule has 0 aliphatic carbocycles. The van der Waals surface area contributed by atoms with Gasteiger partial charge >= 0.3 is 0 Å². The molecule has 3 aromatic heterocycles. The average Bonchev–Trinajstić information content (AvgIpc) is 2.66. The SMILES string of the molecule is Cc1sc2nc(-c3ccc(=O)[nH]n3)[nH]c(=O)c2c1C. The van der Waals surface area contributed by atoms with Crippen LogP contribution in [0.1, 0.15) is 10.4 Å². The van der Waals surface area contributed by atoms with E-state index < -0.39 is 0 Å². The van der Waals surface area contributed by atoms with Gasteiger partial charge in [-0.05, 0) is 25.5 Å². The van der Waals surface area contributed by atoms with Gasteiger partial charge in [0.15, 0.2) is 5.82 Å². The molecular formula is C12H10N4O2S. The van der Waals surface area contributed by atoms with Crippen molar-refractivity contribution < 1.29 is 0 Å². The summed E-state index contributed by atoms with van der Waals surface area (Å²) < 4.78 is 0.